The zero-order chi connectivity index (χ0) is 19.5. The molecule has 2 N–H and O–H groups in total. The van der Waals surface area contributed by atoms with Crippen molar-refractivity contribution in [2.75, 3.05) is 6.54 Å². The van der Waals surface area contributed by atoms with E-state index in [1.54, 1.807) is 19.1 Å². The number of benzene rings is 1. The van der Waals surface area contributed by atoms with Crippen molar-refractivity contribution >= 4 is 22.8 Å². The van der Waals surface area contributed by atoms with Gasteiger partial charge in [0.15, 0.2) is 0 Å². The van der Waals surface area contributed by atoms with Gasteiger partial charge in [-0.1, -0.05) is 6.07 Å². The summed E-state index contributed by atoms with van der Waals surface area (Å²) >= 11 is 0. The SMILES string of the molecule is CCn1cc(C(=O)OC(=O)C(F)(F)F)c(=O)c2cc(CCCN)ccc21. The Morgan fingerprint density at radius 2 is 1.96 bits per heavy atom. The lowest BCUT2D eigenvalue weighted by molar-refractivity contribution is -0.193. The lowest BCUT2D eigenvalue weighted by Crippen LogP contribution is -2.30. The first kappa shape index (κ1) is 19.6. The summed E-state index contributed by atoms with van der Waals surface area (Å²) in [5, 5.41) is 0.162. The minimum atomic E-state index is -5.33. The van der Waals surface area contributed by atoms with E-state index < -0.39 is 29.1 Å². The fourth-order valence-electron chi connectivity index (χ4n) is 2.51. The first-order valence-electron chi connectivity index (χ1n) is 7.88. The quantitative estimate of drug-likeness (QED) is 0.643. The van der Waals surface area contributed by atoms with Crippen LogP contribution in [-0.2, 0) is 22.5 Å². The topological polar surface area (TPSA) is 91.4 Å². The summed E-state index contributed by atoms with van der Waals surface area (Å²) in [4.78, 5) is 35.3. The summed E-state index contributed by atoms with van der Waals surface area (Å²) < 4.78 is 42.1. The van der Waals surface area contributed by atoms with Gasteiger partial charge in [0.2, 0.25) is 5.43 Å². The minimum absolute atomic E-state index is 0.162. The molecule has 0 atom stereocenters. The third-order valence-electron chi connectivity index (χ3n) is 3.79. The van der Waals surface area contributed by atoms with E-state index in [-0.39, 0.29) is 5.39 Å². The van der Waals surface area contributed by atoms with Crippen molar-refractivity contribution in [1.29, 1.82) is 0 Å². The Labute approximate surface area is 146 Å². The van der Waals surface area contributed by atoms with Crippen LogP contribution >= 0.6 is 0 Å². The number of halogens is 3. The van der Waals surface area contributed by atoms with E-state index in [9.17, 15) is 27.6 Å². The van der Waals surface area contributed by atoms with Crippen molar-refractivity contribution in [3.63, 3.8) is 0 Å². The molecular formula is C17H17F3N2O4. The van der Waals surface area contributed by atoms with E-state index in [4.69, 9.17) is 5.73 Å². The van der Waals surface area contributed by atoms with Gasteiger partial charge < -0.3 is 15.0 Å². The van der Waals surface area contributed by atoms with Gasteiger partial charge in [0.05, 0.1) is 5.52 Å². The van der Waals surface area contributed by atoms with Gasteiger partial charge in [-0.15, -0.1) is 0 Å². The summed E-state index contributed by atoms with van der Waals surface area (Å²) in [5.74, 6) is -4.30. The zero-order valence-corrected chi connectivity index (χ0v) is 13.9. The zero-order valence-electron chi connectivity index (χ0n) is 13.9. The summed E-state index contributed by atoms with van der Waals surface area (Å²) in [6, 6.07) is 5.08. The largest absolute Gasteiger partial charge is 0.491 e. The van der Waals surface area contributed by atoms with Gasteiger partial charge in [0.1, 0.15) is 5.56 Å². The van der Waals surface area contributed by atoms with Gasteiger partial charge in [-0.05, 0) is 44.0 Å². The van der Waals surface area contributed by atoms with Crippen LogP contribution in [0.25, 0.3) is 10.9 Å². The molecule has 0 spiro atoms. The first-order valence-corrected chi connectivity index (χ1v) is 7.88. The van der Waals surface area contributed by atoms with Gasteiger partial charge in [-0.25, -0.2) is 9.59 Å². The Bertz CT molecular complexity index is 903. The predicted molar refractivity (Wildman–Crippen MR) is 87.7 cm³/mol. The standard InChI is InChI=1S/C17H17F3N2O4/c1-2-22-9-12(15(24)26-16(25)17(18,19)20)14(23)11-8-10(4-3-7-21)5-6-13(11)22/h5-6,8-9H,2-4,7,21H2,1H3. The molecule has 140 valence electrons. The fraction of sp³-hybridized carbons (Fsp3) is 0.353. The van der Waals surface area contributed by atoms with E-state index in [1.165, 1.54) is 4.57 Å². The molecule has 6 nitrogen and oxygen atoms in total. The third-order valence-corrected chi connectivity index (χ3v) is 3.79. The number of hydrogen-bond donors (Lipinski definition) is 1. The highest BCUT2D eigenvalue weighted by atomic mass is 19.4. The summed E-state index contributed by atoms with van der Waals surface area (Å²) in [6.45, 7) is 2.55. The molecule has 0 unspecified atom stereocenters. The third kappa shape index (κ3) is 4.10. The number of carbonyl (C=O) groups excluding carboxylic acids is 2. The van der Waals surface area contributed by atoms with Crippen LogP contribution in [0, 0.1) is 0 Å². The lowest BCUT2D eigenvalue weighted by atomic mass is 10.0. The first-order chi connectivity index (χ1) is 12.2. The minimum Gasteiger partial charge on any atom is -0.382 e. The van der Waals surface area contributed by atoms with Crippen LogP contribution in [0.1, 0.15) is 29.3 Å². The molecule has 1 aromatic carbocycles. The van der Waals surface area contributed by atoms with Crippen LogP contribution in [0.3, 0.4) is 0 Å². The van der Waals surface area contributed by atoms with Crippen molar-refractivity contribution in [2.24, 2.45) is 5.73 Å². The number of fused-ring (bicyclic) bond motifs is 1. The number of alkyl halides is 3. The fourth-order valence-corrected chi connectivity index (χ4v) is 2.51. The van der Waals surface area contributed by atoms with Crippen molar-refractivity contribution in [3.05, 3.63) is 45.7 Å². The Morgan fingerprint density at radius 3 is 2.54 bits per heavy atom. The average molecular weight is 370 g/mol. The smallest absolute Gasteiger partial charge is 0.382 e. The molecule has 0 fully saturated rings. The van der Waals surface area contributed by atoms with Crippen LogP contribution in [0.15, 0.2) is 29.2 Å². The van der Waals surface area contributed by atoms with Crippen LogP contribution < -0.4 is 11.2 Å². The maximum Gasteiger partial charge on any atom is 0.491 e. The second-order valence-electron chi connectivity index (χ2n) is 5.58. The molecule has 1 heterocycles. The van der Waals surface area contributed by atoms with Crippen molar-refractivity contribution < 1.29 is 27.5 Å². The van der Waals surface area contributed by atoms with Gasteiger partial charge >= 0.3 is 18.1 Å². The van der Waals surface area contributed by atoms with Crippen LogP contribution in [0.2, 0.25) is 0 Å². The number of ether oxygens (including phenoxy) is 1. The monoisotopic (exact) mass is 370 g/mol. The average Bonchev–Trinajstić information content (AvgIpc) is 2.59. The molecule has 26 heavy (non-hydrogen) atoms. The molecule has 2 aromatic rings. The molecule has 0 aliphatic rings. The number of carbonyl (C=O) groups is 2. The number of esters is 2. The maximum absolute atomic E-state index is 12.6. The molecule has 0 bridgehead atoms. The number of nitrogens with two attached hydrogens (primary N) is 1. The number of aromatic nitrogens is 1. The van der Waals surface area contributed by atoms with E-state index >= 15 is 0 Å². The van der Waals surface area contributed by atoms with Crippen molar-refractivity contribution in [2.45, 2.75) is 32.5 Å². The van der Waals surface area contributed by atoms with E-state index in [0.29, 0.717) is 31.4 Å². The van der Waals surface area contributed by atoms with Crippen molar-refractivity contribution in [1.82, 2.24) is 4.57 Å². The molecule has 0 saturated carbocycles. The van der Waals surface area contributed by atoms with E-state index in [2.05, 4.69) is 4.74 Å². The molecule has 0 saturated heterocycles. The maximum atomic E-state index is 12.6. The Kier molecular flexibility index (Phi) is 5.81. The van der Waals surface area contributed by atoms with Crippen LogP contribution in [0.5, 0.6) is 0 Å². The Balaban J connectivity index is 2.53. The van der Waals surface area contributed by atoms with Gasteiger partial charge in [0.25, 0.3) is 0 Å². The predicted octanol–water partition coefficient (Wildman–Crippen LogP) is 2.16. The van der Waals surface area contributed by atoms with E-state index in [1.807, 2.05) is 6.07 Å². The molecule has 0 aliphatic carbocycles. The highest BCUT2D eigenvalue weighted by molar-refractivity contribution is 6.00. The number of nitrogens with zero attached hydrogens (tertiary/aromatic N) is 1. The lowest BCUT2D eigenvalue weighted by Gasteiger charge is -2.12. The highest BCUT2D eigenvalue weighted by Gasteiger charge is 2.43. The second kappa shape index (κ2) is 7.69. The summed E-state index contributed by atoms with van der Waals surface area (Å²) in [7, 11) is 0. The second-order valence-corrected chi connectivity index (χ2v) is 5.58. The van der Waals surface area contributed by atoms with Gasteiger partial charge in [-0.3, -0.25) is 4.79 Å². The van der Waals surface area contributed by atoms with Crippen LogP contribution in [-0.4, -0.2) is 29.2 Å². The molecule has 0 amide bonds. The van der Waals surface area contributed by atoms with Gasteiger partial charge in [0, 0.05) is 18.1 Å². The highest BCUT2D eigenvalue weighted by Crippen LogP contribution is 2.19. The molecule has 9 heteroatoms. The number of pyridine rings is 1. The number of hydrogen-bond acceptors (Lipinski definition) is 5. The van der Waals surface area contributed by atoms with Crippen LogP contribution in [0.4, 0.5) is 13.2 Å². The Hall–Kier alpha value is -2.68. The molecule has 2 rings (SSSR count). The molecule has 1 aromatic heterocycles. The Morgan fingerprint density at radius 1 is 1.27 bits per heavy atom. The normalized spacial score (nSPS) is 11.6. The summed E-state index contributed by atoms with van der Waals surface area (Å²) in [6.07, 6.45) is -2.93. The number of aryl methyl sites for hydroxylation is 2. The molecular weight excluding hydrogens is 353 g/mol. The van der Waals surface area contributed by atoms with Gasteiger partial charge in [-0.2, -0.15) is 13.2 Å². The molecule has 0 aliphatic heterocycles. The van der Waals surface area contributed by atoms with Crippen molar-refractivity contribution in [3.8, 4) is 0 Å². The summed E-state index contributed by atoms with van der Waals surface area (Å²) in [5.41, 5.74) is 5.36. The molecule has 0 radical (unpaired) electrons. The van der Waals surface area contributed by atoms with E-state index in [0.717, 1.165) is 11.8 Å². The number of rotatable bonds is 5.